The largest absolute Gasteiger partial charge is 0.380 e. The van der Waals surface area contributed by atoms with Gasteiger partial charge in [-0.3, -0.25) is 0 Å². The molecule has 5 nitrogen and oxygen atoms in total. The standard InChI is InChI=1S/C10H15N5/c1-5(2)15-7(4)12-8-9(15)6(3)13-14-10(8)11/h5H,1-4H3,(H2,11,14). The number of rotatable bonds is 1. The summed E-state index contributed by atoms with van der Waals surface area (Å²) in [6.07, 6.45) is 0. The molecule has 0 amide bonds. The molecule has 0 fully saturated rings. The van der Waals surface area contributed by atoms with Crippen molar-refractivity contribution in [3.8, 4) is 0 Å². The number of fused-ring (bicyclic) bond motifs is 1. The molecule has 2 heterocycles. The first-order valence-electron chi connectivity index (χ1n) is 4.99. The summed E-state index contributed by atoms with van der Waals surface area (Å²) >= 11 is 0. The van der Waals surface area contributed by atoms with Crippen molar-refractivity contribution in [1.82, 2.24) is 19.7 Å². The van der Waals surface area contributed by atoms with Gasteiger partial charge in [-0.1, -0.05) is 0 Å². The van der Waals surface area contributed by atoms with E-state index in [2.05, 4.69) is 33.6 Å². The third-order valence-electron chi connectivity index (χ3n) is 2.50. The van der Waals surface area contributed by atoms with Crippen molar-refractivity contribution in [2.24, 2.45) is 0 Å². The number of anilines is 1. The molecule has 0 aromatic carbocycles. The van der Waals surface area contributed by atoms with Crippen molar-refractivity contribution in [3.05, 3.63) is 11.5 Å². The normalized spacial score (nSPS) is 11.5. The fourth-order valence-electron chi connectivity index (χ4n) is 1.92. The van der Waals surface area contributed by atoms with E-state index >= 15 is 0 Å². The lowest BCUT2D eigenvalue weighted by atomic mass is 10.3. The molecule has 2 N–H and O–H groups in total. The van der Waals surface area contributed by atoms with Crippen LogP contribution in [-0.4, -0.2) is 19.7 Å². The average molecular weight is 205 g/mol. The van der Waals surface area contributed by atoms with Crippen molar-refractivity contribution < 1.29 is 0 Å². The number of hydrogen-bond donors (Lipinski definition) is 1. The van der Waals surface area contributed by atoms with Gasteiger partial charge in [-0.05, 0) is 27.7 Å². The Bertz CT molecular complexity index is 512. The van der Waals surface area contributed by atoms with Crippen molar-refractivity contribution >= 4 is 16.9 Å². The summed E-state index contributed by atoms with van der Waals surface area (Å²) in [5.41, 5.74) is 8.38. The lowest BCUT2D eigenvalue weighted by Gasteiger charge is -2.11. The van der Waals surface area contributed by atoms with Gasteiger partial charge in [0.05, 0.1) is 11.2 Å². The van der Waals surface area contributed by atoms with Crippen LogP contribution in [0.2, 0.25) is 0 Å². The summed E-state index contributed by atoms with van der Waals surface area (Å²) in [6.45, 7) is 8.13. The van der Waals surface area contributed by atoms with E-state index in [0.29, 0.717) is 11.9 Å². The van der Waals surface area contributed by atoms with Gasteiger partial charge in [0, 0.05) is 6.04 Å². The Morgan fingerprint density at radius 1 is 1.20 bits per heavy atom. The summed E-state index contributed by atoms with van der Waals surface area (Å²) < 4.78 is 2.13. The summed E-state index contributed by atoms with van der Waals surface area (Å²) in [4.78, 5) is 4.43. The van der Waals surface area contributed by atoms with E-state index in [1.165, 1.54) is 0 Å². The van der Waals surface area contributed by atoms with E-state index in [9.17, 15) is 0 Å². The molecule has 0 aliphatic carbocycles. The minimum absolute atomic E-state index is 0.345. The molecular weight excluding hydrogens is 190 g/mol. The van der Waals surface area contributed by atoms with Crippen molar-refractivity contribution in [2.45, 2.75) is 33.7 Å². The number of nitrogens with two attached hydrogens (primary N) is 1. The van der Waals surface area contributed by atoms with E-state index in [4.69, 9.17) is 5.73 Å². The summed E-state index contributed by atoms with van der Waals surface area (Å²) in [6, 6.07) is 0.345. The van der Waals surface area contributed by atoms with Crippen LogP contribution in [0.15, 0.2) is 0 Å². The Labute approximate surface area is 88.3 Å². The topological polar surface area (TPSA) is 69.6 Å². The molecular formula is C10H15N5. The maximum Gasteiger partial charge on any atom is 0.174 e. The van der Waals surface area contributed by atoms with E-state index in [0.717, 1.165) is 22.6 Å². The summed E-state index contributed by atoms with van der Waals surface area (Å²) in [5, 5.41) is 7.90. The predicted molar refractivity (Wildman–Crippen MR) is 59.6 cm³/mol. The molecule has 80 valence electrons. The second-order valence-electron chi connectivity index (χ2n) is 3.99. The first-order valence-corrected chi connectivity index (χ1v) is 4.99. The molecule has 15 heavy (non-hydrogen) atoms. The zero-order valence-electron chi connectivity index (χ0n) is 9.44. The third-order valence-corrected chi connectivity index (χ3v) is 2.50. The van der Waals surface area contributed by atoms with E-state index in [1.807, 2.05) is 13.8 Å². The second-order valence-corrected chi connectivity index (χ2v) is 3.99. The lowest BCUT2D eigenvalue weighted by molar-refractivity contribution is 0.598. The number of nitrogen functional groups attached to an aromatic ring is 1. The quantitative estimate of drug-likeness (QED) is 0.767. The molecule has 2 aromatic rings. The van der Waals surface area contributed by atoms with Gasteiger partial charge in [0.1, 0.15) is 11.3 Å². The first kappa shape index (κ1) is 9.89. The third kappa shape index (κ3) is 1.35. The Hall–Kier alpha value is -1.65. The summed E-state index contributed by atoms with van der Waals surface area (Å²) in [5.74, 6) is 1.35. The molecule has 0 atom stereocenters. The van der Waals surface area contributed by atoms with Gasteiger partial charge >= 0.3 is 0 Å². The van der Waals surface area contributed by atoms with Crippen molar-refractivity contribution in [3.63, 3.8) is 0 Å². The molecule has 0 unspecified atom stereocenters. The van der Waals surface area contributed by atoms with Gasteiger partial charge in [0.25, 0.3) is 0 Å². The van der Waals surface area contributed by atoms with E-state index < -0.39 is 0 Å². The fourth-order valence-corrected chi connectivity index (χ4v) is 1.92. The maximum atomic E-state index is 5.76. The van der Waals surface area contributed by atoms with Crippen molar-refractivity contribution in [2.75, 3.05) is 5.73 Å². The molecule has 0 saturated carbocycles. The number of nitrogens with zero attached hydrogens (tertiary/aromatic N) is 4. The number of aryl methyl sites for hydroxylation is 2. The number of aromatic nitrogens is 4. The molecule has 0 radical (unpaired) electrons. The van der Waals surface area contributed by atoms with Crippen LogP contribution in [0.4, 0.5) is 5.82 Å². The zero-order valence-corrected chi connectivity index (χ0v) is 9.44. The highest BCUT2D eigenvalue weighted by molar-refractivity contribution is 5.86. The van der Waals surface area contributed by atoms with Crippen LogP contribution in [-0.2, 0) is 0 Å². The molecule has 0 aliphatic rings. The van der Waals surface area contributed by atoms with Crippen LogP contribution in [0.3, 0.4) is 0 Å². The Balaban J connectivity index is 2.92. The van der Waals surface area contributed by atoms with Crippen LogP contribution in [0.1, 0.15) is 31.4 Å². The van der Waals surface area contributed by atoms with Gasteiger partial charge < -0.3 is 10.3 Å². The van der Waals surface area contributed by atoms with Gasteiger partial charge in [0.2, 0.25) is 0 Å². The maximum absolute atomic E-state index is 5.76. The van der Waals surface area contributed by atoms with E-state index in [1.54, 1.807) is 0 Å². The SMILES string of the molecule is Cc1nnc(N)c2nc(C)n(C(C)C)c12. The van der Waals surface area contributed by atoms with Crippen molar-refractivity contribution in [1.29, 1.82) is 0 Å². The molecule has 0 saturated heterocycles. The van der Waals surface area contributed by atoms with E-state index in [-0.39, 0.29) is 0 Å². The second kappa shape index (κ2) is 3.18. The van der Waals surface area contributed by atoms with Gasteiger partial charge in [-0.2, -0.15) is 5.10 Å². The highest BCUT2D eigenvalue weighted by Crippen LogP contribution is 2.24. The smallest absolute Gasteiger partial charge is 0.174 e. The minimum Gasteiger partial charge on any atom is -0.380 e. The van der Waals surface area contributed by atoms with Crippen LogP contribution >= 0.6 is 0 Å². The molecule has 5 heteroatoms. The molecule has 2 aromatic heterocycles. The molecule has 0 spiro atoms. The van der Waals surface area contributed by atoms with Crippen LogP contribution in [0.5, 0.6) is 0 Å². The zero-order chi connectivity index (χ0) is 11.2. The number of imidazole rings is 1. The molecule has 0 bridgehead atoms. The molecule has 0 aliphatic heterocycles. The van der Waals surface area contributed by atoms with Gasteiger partial charge in [0.15, 0.2) is 5.82 Å². The monoisotopic (exact) mass is 205 g/mol. The molecule has 2 rings (SSSR count). The van der Waals surface area contributed by atoms with Crippen LogP contribution in [0, 0.1) is 13.8 Å². The lowest BCUT2D eigenvalue weighted by Crippen LogP contribution is -2.05. The first-order chi connectivity index (χ1) is 7.02. The Morgan fingerprint density at radius 3 is 2.47 bits per heavy atom. The van der Waals surface area contributed by atoms with Gasteiger partial charge in [-0.25, -0.2) is 4.98 Å². The highest BCUT2D eigenvalue weighted by Gasteiger charge is 2.15. The predicted octanol–water partition coefficient (Wildman–Crippen LogP) is 1.61. The number of hydrogen-bond acceptors (Lipinski definition) is 4. The average Bonchev–Trinajstić information content (AvgIpc) is 2.50. The summed E-state index contributed by atoms with van der Waals surface area (Å²) in [7, 11) is 0. The highest BCUT2D eigenvalue weighted by atomic mass is 15.2. The minimum atomic E-state index is 0.345. The fraction of sp³-hybridized carbons (Fsp3) is 0.500. The van der Waals surface area contributed by atoms with Gasteiger partial charge in [-0.15, -0.1) is 5.10 Å². The Morgan fingerprint density at radius 2 is 1.87 bits per heavy atom. The van der Waals surface area contributed by atoms with Crippen LogP contribution in [0.25, 0.3) is 11.0 Å². The van der Waals surface area contributed by atoms with Crippen LogP contribution < -0.4 is 5.73 Å². The Kier molecular flexibility index (Phi) is 2.10.